The Morgan fingerprint density at radius 3 is 1.38 bits per heavy atom. The summed E-state index contributed by atoms with van der Waals surface area (Å²) in [6, 6.07) is 0. The number of hydrogen-bond donors (Lipinski definition) is 0. The van der Waals surface area contributed by atoms with Crippen LogP contribution in [-0.4, -0.2) is 34.1 Å². The molecule has 2 heteroatoms. The number of rotatable bonds is 3. The summed E-state index contributed by atoms with van der Waals surface area (Å²) in [7, 11) is 0. The molecule has 0 aliphatic carbocycles. The summed E-state index contributed by atoms with van der Waals surface area (Å²) in [6.45, 7) is 12.0. The van der Waals surface area contributed by atoms with Gasteiger partial charge in [0.2, 0.25) is 0 Å². The van der Waals surface area contributed by atoms with Gasteiger partial charge in [0.05, 0.1) is 0 Å². The Bertz CT molecular complexity index is 91.1. The second-order valence-electron chi connectivity index (χ2n) is 1.57. The molecule has 0 saturated carbocycles. The molecule has 0 amide bonds. The predicted octanol–water partition coefficient (Wildman–Crippen LogP) is 1.38. The van der Waals surface area contributed by atoms with Crippen LogP contribution in [0.1, 0.15) is 13.8 Å². The van der Waals surface area contributed by atoms with Crippen LogP contribution in [0.2, 0.25) is 0 Å². The Kier molecular flexibility index (Phi) is 5.54. The van der Waals surface area contributed by atoms with Crippen molar-refractivity contribution in [3.8, 4) is 0 Å². The maximum absolute atomic E-state index is 3.88. The fraction of sp³-hybridized carbons (Fsp3) is 0.333. The Morgan fingerprint density at radius 2 is 1.25 bits per heavy atom. The molecule has 0 rings (SSSR count). The molecule has 0 bridgehead atoms. The molecular weight excluding hydrogens is 327 g/mol. The first-order valence-corrected chi connectivity index (χ1v) is 11.9. The van der Waals surface area contributed by atoms with E-state index in [4.69, 9.17) is 0 Å². The molecule has 0 atom stereocenters. The molecule has 0 N–H and O–H groups in total. The monoisotopic (exact) mass is 342 g/mol. The van der Waals surface area contributed by atoms with E-state index in [9.17, 15) is 0 Å². The summed E-state index contributed by atoms with van der Waals surface area (Å²) in [4.78, 5) is 0. The molecule has 46 valence electrons. The Labute approximate surface area is 67.8 Å². The Hall–Kier alpha value is 1.06. The van der Waals surface area contributed by atoms with Crippen LogP contribution in [0, 0.1) is 0 Å². The van der Waals surface area contributed by atoms with E-state index in [0.717, 1.165) is 0 Å². The van der Waals surface area contributed by atoms with E-state index < -0.39 is 0 Å². The molecule has 0 aromatic rings. The van der Waals surface area contributed by atoms with Gasteiger partial charge < -0.3 is 0 Å². The van der Waals surface area contributed by atoms with Crippen LogP contribution in [0.15, 0.2) is 20.4 Å². The topological polar surface area (TPSA) is 0 Å². The minimum atomic E-state index is 0.204. The average Bonchev–Trinajstić information content (AvgIpc) is 1.61. The van der Waals surface area contributed by atoms with Gasteiger partial charge in [0.15, 0.2) is 0 Å². The summed E-state index contributed by atoms with van der Waals surface area (Å²) in [5.41, 5.74) is 0. The maximum atomic E-state index is 3.88. The molecule has 8 heavy (non-hydrogen) atoms. The van der Waals surface area contributed by atoms with E-state index >= 15 is 0 Å². The van der Waals surface area contributed by atoms with E-state index in [1.54, 1.807) is 0 Å². The van der Waals surface area contributed by atoms with Crippen LogP contribution in [0.4, 0.5) is 0 Å². The van der Waals surface area contributed by atoms with E-state index in [1.807, 2.05) is 0 Å². The van der Waals surface area contributed by atoms with E-state index in [1.165, 1.54) is 7.24 Å². The predicted molar refractivity (Wildman–Crippen MR) is 41.1 cm³/mol. The quantitative estimate of drug-likeness (QED) is 0.683. The molecule has 0 aromatic heterocycles. The third kappa shape index (κ3) is 7.06. The van der Waals surface area contributed by atoms with Crippen LogP contribution < -0.4 is 0 Å². The summed E-state index contributed by atoms with van der Waals surface area (Å²) in [5, 5.41) is 0. The van der Waals surface area contributed by atoms with Gasteiger partial charge >= 0.3 is 68.4 Å². The molecule has 0 unspecified atom stereocenters. The molecule has 0 aliphatic rings. The summed E-state index contributed by atoms with van der Waals surface area (Å²) in [6.07, 6.45) is 0. The first-order valence-electron chi connectivity index (χ1n) is 2.28. The van der Waals surface area contributed by atoms with E-state index in [2.05, 4.69) is 27.0 Å². The molecule has 0 fully saturated rings. The van der Waals surface area contributed by atoms with Crippen molar-refractivity contribution >= 4 is 34.1 Å². The van der Waals surface area contributed by atoms with Gasteiger partial charge in [-0.15, -0.1) is 0 Å². The van der Waals surface area contributed by atoms with Crippen molar-refractivity contribution in [3.63, 3.8) is 0 Å². The molecular formula is C6H10Te2. The third-order valence-electron chi connectivity index (χ3n) is 0.326. The van der Waals surface area contributed by atoms with Gasteiger partial charge in [-0.2, -0.15) is 0 Å². The van der Waals surface area contributed by atoms with Gasteiger partial charge in [-0.3, -0.25) is 0 Å². The number of allylic oxidation sites excluding steroid dienone is 2. The molecule has 0 heterocycles. The second-order valence-corrected chi connectivity index (χ2v) is 12.9. The molecule has 0 radical (unpaired) electrons. The fourth-order valence-corrected chi connectivity index (χ4v) is 6.40. The zero-order valence-electron chi connectivity index (χ0n) is 5.23. The van der Waals surface area contributed by atoms with Crippen LogP contribution in [0.25, 0.3) is 0 Å². The van der Waals surface area contributed by atoms with E-state index in [-0.39, 0.29) is 34.1 Å². The summed E-state index contributed by atoms with van der Waals surface area (Å²) in [5.74, 6) is 0. The standard InChI is InChI=1S/C6H10Te2/c1-5(2)7-8-6(3)4/h1,3H2,2,4H3. The number of hydrogen-bond acceptors (Lipinski definition) is 0. The van der Waals surface area contributed by atoms with Crippen molar-refractivity contribution in [2.45, 2.75) is 13.8 Å². The van der Waals surface area contributed by atoms with Gasteiger partial charge in [0.1, 0.15) is 0 Å². The molecule has 0 aliphatic heterocycles. The van der Waals surface area contributed by atoms with Crippen LogP contribution in [-0.2, 0) is 0 Å². The van der Waals surface area contributed by atoms with Crippen molar-refractivity contribution in [1.29, 1.82) is 0 Å². The molecule has 0 spiro atoms. The van der Waals surface area contributed by atoms with Crippen molar-refractivity contribution in [1.82, 2.24) is 0 Å². The minimum absolute atomic E-state index is 0.204. The van der Waals surface area contributed by atoms with Gasteiger partial charge in [0, 0.05) is 0 Å². The van der Waals surface area contributed by atoms with Crippen molar-refractivity contribution in [2.24, 2.45) is 0 Å². The molecule has 0 aromatic carbocycles. The SMILES string of the molecule is C=C(C)[Te][Te]C(=C)C. The average molecular weight is 337 g/mol. The second kappa shape index (κ2) is 4.89. The van der Waals surface area contributed by atoms with Crippen LogP contribution in [0.5, 0.6) is 0 Å². The van der Waals surface area contributed by atoms with Crippen molar-refractivity contribution in [3.05, 3.63) is 20.4 Å². The zero-order chi connectivity index (χ0) is 6.57. The first-order chi connectivity index (χ1) is 3.63. The van der Waals surface area contributed by atoms with Gasteiger partial charge in [-0.05, 0) is 0 Å². The van der Waals surface area contributed by atoms with Gasteiger partial charge in [0.25, 0.3) is 0 Å². The Balaban J connectivity index is 3.18. The van der Waals surface area contributed by atoms with Crippen molar-refractivity contribution < 1.29 is 0 Å². The van der Waals surface area contributed by atoms with E-state index in [0.29, 0.717) is 0 Å². The molecule has 0 nitrogen and oxygen atoms in total. The van der Waals surface area contributed by atoms with Gasteiger partial charge in [-0.1, -0.05) is 0 Å². The van der Waals surface area contributed by atoms with Gasteiger partial charge in [-0.25, -0.2) is 0 Å². The fourth-order valence-electron chi connectivity index (χ4n) is 0.142. The third-order valence-corrected chi connectivity index (χ3v) is 14.7. The van der Waals surface area contributed by atoms with Crippen LogP contribution >= 0.6 is 0 Å². The summed E-state index contributed by atoms with van der Waals surface area (Å²) >= 11 is 0.409. The zero-order valence-corrected chi connectivity index (χ0v) is 9.89. The van der Waals surface area contributed by atoms with Crippen molar-refractivity contribution in [2.75, 3.05) is 0 Å². The normalized spacial score (nSPS) is 8.75. The summed E-state index contributed by atoms with van der Waals surface area (Å²) < 4.78 is 2.86. The first kappa shape index (κ1) is 9.06. The Morgan fingerprint density at radius 1 is 1.00 bits per heavy atom. The van der Waals surface area contributed by atoms with Crippen LogP contribution in [0.3, 0.4) is 0 Å². The molecule has 0 saturated heterocycles.